The molecule has 0 saturated carbocycles. The molecule has 0 unspecified atom stereocenters. The molecule has 0 atom stereocenters. The number of hydrogen-bond acceptors (Lipinski definition) is 5. The summed E-state index contributed by atoms with van der Waals surface area (Å²) in [4.78, 5) is 10.2. The van der Waals surface area contributed by atoms with Crippen LogP contribution in [0.3, 0.4) is 0 Å². The monoisotopic (exact) mass is 303 g/mol. The van der Waals surface area contributed by atoms with Crippen LogP contribution in [0.1, 0.15) is 38.2 Å². The molecule has 0 spiro atoms. The van der Waals surface area contributed by atoms with Crippen molar-refractivity contribution in [1.82, 2.24) is 9.97 Å². The van der Waals surface area contributed by atoms with Gasteiger partial charge < -0.3 is 10.3 Å². The Morgan fingerprint density at radius 2 is 1.90 bits per heavy atom. The topological polar surface area (TPSA) is 67.1 Å². The minimum Gasteiger partial charge on any atom is -0.356 e. The van der Waals surface area contributed by atoms with Crippen LogP contribution in [0.15, 0.2) is 6.33 Å². The molecule has 1 saturated heterocycles. The zero-order valence-corrected chi connectivity index (χ0v) is 12.1. The van der Waals surface area contributed by atoms with Gasteiger partial charge in [-0.1, -0.05) is 13.8 Å². The zero-order valence-electron chi connectivity index (χ0n) is 12.1. The Kier molecular flexibility index (Phi) is 4.55. The zero-order chi connectivity index (χ0) is 15.6. The van der Waals surface area contributed by atoms with Gasteiger partial charge in [0, 0.05) is 18.7 Å². The van der Waals surface area contributed by atoms with E-state index in [-0.39, 0.29) is 18.8 Å². The average Bonchev–Trinajstić information content (AvgIpc) is 2.45. The number of halogens is 3. The molecule has 118 valence electrons. The molecule has 1 aromatic heterocycles. The van der Waals surface area contributed by atoms with Gasteiger partial charge in [-0.25, -0.2) is 15.8 Å². The minimum absolute atomic E-state index is 0.0937. The lowest BCUT2D eigenvalue weighted by atomic mass is 9.95. The Balaban J connectivity index is 2.21. The van der Waals surface area contributed by atoms with E-state index in [1.807, 2.05) is 18.7 Å². The summed E-state index contributed by atoms with van der Waals surface area (Å²) >= 11 is 0. The van der Waals surface area contributed by atoms with E-state index >= 15 is 0 Å². The van der Waals surface area contributed by atoms with Gasteiger partial charge in [-0.3, -0.25) is 0 Å². The Morgan fingerprint density at radius 3 is 2.38 bits per heavy atom. The van der Waals surface area contributed by atoms with Crippen molar-refractivity contribution in [1.29, 1.82) is 0 Å². The molecular weight excluding hydrogens is 283 g/mol. The summed E-state index contributed by atoms with van der Waals surface area (Å²) in [6.45, 7) is 4.63. The molecule has 1 aliphatic rings. The summed E-state index contributed by atoms with van der Waals surface area (Å²) in [6.07, 6.45) is -2.54. The Hall–Kier alpha value is -1.57. The maximum absolute atomic E-state index is 12.7. The quantitative estimate of drug-likeness (QED) is 0.664. The van der Waals surface area contributed by atoms with Crippen LogP contribution in [-0.2, 0) is 0 Å². The molecule has 1 fully saturated rings. The number of nitrogens with two attached hydrogens (primary N) is 1. The number of aromatic nitrogens is 2. The third kappa shape index (κ3) is 3.37. The van der Waals surface area contributed by atoms with Gasteiger partial charge in [0.05, 0.1) is 5.92 Å². The van der Waals surface area contributed by atoms with Gasteiger partial charge in [-0.05, 0) is 18.8 Å². The van der Waals surface area contributed by atoms with Crippen molar-refractivity contribution in [2.75, 3.05) is 23.4 Å². The molecule has 2 heterocycles. The number of rotatable bonds is 3. The Labute approximate surface area is 121 Å². The number of hydrogen-bond donors (Lipinski definition) is 2. The van der Waals surface area contributed by atoms with Gasteiger partial charge in [-0.15, -0.1) is 0 Å². The predicted octanol–water partition coefficient (Wildman–Crippen LogP) is 2.66. The third-order valence-electron chi connectivity index (χ3n) is 3.83. The van der Waals surface area contributed by atoms with E-state index in [1.165, 1.54) is 6.33 Å². The normalized spacial score (nSPS) is 17.4. The highest BCUT2D eigenvalue weighted by Gasteiger charge is 2.41. The van der Waals surface area contributed by atoms with Crippen LogP contribution in [0.25, 0.3) is 0 Å². The van der Waals surface area contributed by atoms with E-state index < -0.39 is 12.1 Å². The minimum atomic E-state index is -4.11. The van der Waals surface area contributed by atoms with Crippen molar-refractivity contribution in [3.8, 4) is 0 Å². The number of nitrogen functional groups attached to an aromatic ring is 1. The highest BCUT2D eigenvalue weighted by Crippen LogP contribution is 2.37. The molecule has 0 amide bonds. The first-order valence-corrected chi connectivity index (χ1v) is 6.97. The van der Waals surface area contributed by atoms with Crippen LogP contribution >= 0.6 is 0 Å². The summed E-state index contributed by atoms with van der Waals surface area (Å²) in [7, 11) is 0. The predicted molar refractivity (Wildman–Crippen MR) is 74.9 cm³/mol. The number of hydrazine groups is 1. The molecule has 5 nitrogen and oxygen atoms in total. The summed E-state index contributed by atoms with van der Waals surface area (Å²) in [5.41, 5.74) is 3.37. The number of alkyl halides is 3. The van der Waals surface area contributed by atoms with E-state index in [0.717, 1.165) is 5.56 Å². The number of anilines is 2. The summed E-state index contributed by atoms with van der Waals surface area (Å²) in [5.74, 6) is 5.56. The fourth-order valence-corrected chi connectivity index (χ4v) is 2.70. The fraction of sp³-hybridized carbons (Fsp3) is 0.692. The Bertz CT molecular complexity index is 481. The van der Waals surface area contributed by atoms with E-state index in [4.69, 9.17) is 5.84 Å². The lowest BCUT2D eigenvalue weighted by Crippen LogP contribution is -2.40. The van der Waals surface area contributed by atoms with Crippen molar-refractivity contribution >= 4 is 11.6 Å². The first kappa shape index (κ1) is 15.8. The van der Waals surface area contributed by atoms with Crippen molar-refractivity contribution in [2.24, 2.45) is 11.8 Å². The second kappa shape index (κ2) is 6.05. The maximum atomic E-state index is 12.7. The highest BCUT2D eigenvalue weighted by molar-refractivity contribution is 5.60. The van der Waals surface area contributed by atoms with E-state index in [0.29, 0.717) is 24.7 Å². The van der Waals surface area contributed by atoms with Crippen LogP contribution < -0.4 is 16.2 Å². The lowest BCUT2D eigenvalue weighted by Gasteiger charge is -2.35. The van der Waals surface area contributed by atoms with Crippen LogP contribution in [-0.4, -0.2) is 29.2 Å². The van der Waals surface area contributed by atoms with Gasteiger partial charge in [0.2, 0.25) is 0 Å². The molecule has 0 bridgehead atoms. The van der Waals surface area contributed by atoms with Gasteiger partial charge in [-0.2, -0.15) is 13.2 Å². The van der Waals surface area contributed by atoms with Crippen LogP contribution in [0.5, 0.6) is 0 Å². The Morgan fingerprint density at radius 1 is 1.29 bits per heavy atom. The van der Waals surface area contributed by atoms with Crippen molar-refractivity contribution in [2.45, 2.75) is 38.8 Å². The van der Waals surface area contributed by atoms with E-state index in [2.05, 4.69) is 15.4 Å². The van der Waals surface area contributed by atoms with Gasteiger partial charge in [0.25, 0.3) is 0 Å². The molecule has 0 aromatic carbocycles. The van der Waals surface area contributed by atoms with Crippen LogP contribution in [0.4, 0.5) is 24.8 Å². The SMILES string of the molecule is CC(C)c1c(NN)ncnc1N1CCC(C(F)(F)F)CC1. The average molecular weight is 303 g/mol. The van der Waals surface area contributed by atoms with Crippen molar-refractivity contribution in [3.05, 3.63) is 11.9 Å². The molecule has 1 aliphatic heterocycles. The highest BCUT2D eigenvalue weighted by atomic mass is 19.4. The molecule has 8 heteroatoms. The first-order valence-electron chi connectivity index (χ1n) is 6.97. The molecule has 0 aliphatic carbocycles. The maximum Gasteiger partial charge on any atom is 0.391 e. The van der Waals surface area contributed by atoms with E-state index in [1.54, 1.807) is 0 Å². The number of nitrogens with zero attached hydrogens (tertiary/aromatic N) is 3. The molecule has 0 radical (unpaired) electrons. The molecular formula is C13H20F3N5. The van der Waals surface area contributed by atoms with Gasteiger partial charge >= 0.3 is 6.18 Å². The first-order chi connectivity index (χ1) is 9.84. The second-order valence-electron chi connectivity index (χ2n) is 5.56. The van der Waals surface area contributed by atoms with Crippen molar-refractivity contribution < 1.29 is 13.2 Å². The molecule has 1 aromatic rings. The van der Waals surface area contributed by atoms with Gasteiger partial charge in [0.1, 0.15) is 18.0 Å². The third-order valence-corrected chi connectivity index (χ3v) is 3.83. The standard InChI is InChI=1S/C13H20F3N5/c1-8(2)10-11(20-17)18-7-19-12(10)21-5-3-9(4-6-21)13(14,15)16/h7-9H,3-6,17H2,1-2H3,(H,18,19,20). The molecule has 21 heavy (non-hydrogen) atoms. The van der Waals surface area contributed by atoms with E-state index in [9.17, 15) is 13.2 Å². The van der Waals surface area contributed by atoms with Crippen molar-refractivity contribution in [3.63, 3.8) is 0 Å². The lowest BCUT2D eigenvalue weighted by molar-refractivity contribution is -0.179. The summed E-state index contributed by atoms with van der Waals surface area (Å²) in [6, 6.07) is 0. The molecule has 3 N–H and O–H groups in total. The van der Waals surface area contributed by atoms with Crippen LogP contribution in [0, 0.1) is 5.92 Å². The van der Waals surface area contributed by atoms with Gasteiger partial charge in [0.15, 0.2) is 0 Å². The molecule has 2 rings (SSSR count). The summed E-state index contributed by atoms with van der Waals surface area (Å²) < 4.78 is 38.2. The smallest absolute Gasteiger partial charge is 0.356 e. The van der Waals surface area contributed by atoms with Crippen LogP contribution in [0.2, 0.25) is 0 Å². The largest absolute Gasteiger partial charge is 0.391 e. The second-order valence-corrected chi connectivity index (χ2v) is 5.56. The fourth-order valence-electron chi connectivity index (χ4n) is 2.70. The number of nitrogens with one attached hydrogen (secondary N) is 1. The number of piperidine rings is 1. The summed E-state index contributed by atoms with van der Waals surface area (Å²) in [5, 5.41) is 0.